The van der Waals surface area contributed by atoms with Crippen LogP contribution in [0.15, 0.2) is 29.2 Å². The van der Waals surface area contributed by atoms with E-state index in [0.717, 1.165) is 19.3 Å². The van der Waals surface area contributed by atoms with Gasteiger partial charge in [-0.25, -0.2) is 4.39 Å². The van der Waals surface area contributed by atoms with Crippen molar-refractivity contribution in [1.29, 1.82) is 0 Å². The minimum Gasteiger partial charge on any atom is -0.356 e. The number of likely N-dealkylation sites (tertiary alicyclic amines) is 1. The highest BCUT2D eigenvalue weighted by atomic mass is 32.2. The Morgan fingerprint density at radius 2 is 2.00 bits per heavy atom. The lowest BCUT2D eigenvalue weighted by Crippen LogP contribution is -2.43. The lowest BCUT2D eigenvalue weighted by molar-refractivity contribution is -0.135. The monoisotopic (exact) mass is 352 g/mol. The van der Waals surface area contributed by atoms with E-state index in [1.807, 2.05) is 11.8 Å². The smallest absolute Gasteiger partial charge is 0.223 e. The normalized spacial score (nSPS) is 15.3. The van der Waals surface area contributed by atoms with E-state index in [-0.39, 0.29) is 23.5 Å². The molecule has 1 aliphatic rings. The summed E-state index contributed by atoms with van der Waals surface area (Å²) in [5, 5.41) is 2.92. The summed E-state index contributed by atoms with van der Waals surface area (Å²) in [5.74, 6) is 0.545. The predicted molar refractivity (Wildman–Crippen MR) is 94.3 cm³/mol. The van der Waals surface area contributed by atoms with Crippen molar-refractivity contribution in [1.82, 2.24) is 10.2 Å². The van der Waals surface area contributed by atoms with Crippen LogP contribution in [0.5, 0.6) is 0 Å². The van der Waals surface area contributed by atoms with Gasteiger partial charge in [0.1, 0.15) is 5.82 Å². The molecule has 24 heavy (non-hydrogen) atoms. The first-order valence-corrected chi connectivity index (χ1v) is 9.53. The molecule has 0 spiro atoms. The van der Waals surface area contributed by atoms with E-state index in [4.69, 9.17) is 0 Å². The number of nitrogens with zero attached hydrogens (tertiary/aromatic N) is 1. The molecule has 2 rings (SSSR count). The molecule has 0 unspecified atom stereocenters. The molecule has 0 saturated carbocycles. The van der Waals surface area contributed by atoms with Crippen molar-refractivity contribution in [3.05, 3.63) is 30.1 Å². The number of hydrogen-bond acceptors (Lipinski definition) is 3. The molecular weight excluding hydrogens is 327 g/mol. The zero-order chi connectivity index (χ0) is 17.4. The third-order valence-electron chi connectivity index (χ3n) is 4.18. The number of carbonyl (C=O) groups excluding carboxylic acids is 2. The van der Waals surface area contributed by atoms with Crippen molar-refractivity contribution in [2.24, 2.45) is 5.92 Å². The first-order chi connectivity index (χ1) is 11.6. The number of amides is 2. The highest BCUT2D eigenvalue weighted by molar-refractivity contribution is 7.99. The Kier molecular flexibility index (Phi) is 7.56. The van der Waals surface area contributed by atoms with Crippen molar-refractivity contribution >= 4 is 23.6 Å². The molecule has 1 aliphatic heterocycles. The van der Waals surface area contributed by atoms with Gasteiger partial charge in [-0.05, 0) is 31.4 Å². The highest BCUT2D eigenvalue weighted by Gasteiger charge is 2.26. The molecule has 2 amide bonds. The number of piperidine rings is 1. The predicted octanol–water partition coefficient (Wildman–Crippen LogP) is 3.07. The summed E-state index contributed by atoms with van der Waals surface area (Å²) in [6, 6.07) is 6.61. The van der Waals surface area contributed by atoms with Gasteiger partial charge in [-0.15, -0.1) is 11.8 Å². The van der Waals surface area contributed by atoms with E-state index in [0.29, 0.717) is 36.7 Å². The Bertz CT molecular complexity index is 560. The summed E-state index contributed by atoms with van der Waals surface area (Å²) in [6.45, 7) is 4.01. The number of nitrogens with one attached hydrogen (secondary N) is 1. The van der Waals surface area contributed by atoms with Crippen LogP contribution in [0.3, 0.4) is 0 Å². The maximum atomic E-state index is 13.5. The van der Waals surface area contributed by atoms with Gasteiger partial charge in [0.15, 0.2) is 0 Å². The van der Waals surface area contributed by atoms with Crippen molar-refractivity contribution in [2.75, 3.05) is 25.4 Å². The fraction of sp³-hybridized carbons (Fsp3) is 0.556. The minimum atomic E-state index is -0.242. The van der Waals surface area contributed by atoms with Crippen molar-refractivity contribution < 1.29 is 14.0 Å². The van der Waals surface area contributed by atoms with E-state index in [9.17, 15) is 14.0 Å². The van der Waals surface area contributed by atoms with E-state index < -0.39 is 0 Å². The SMILES string of the molecule is CCCNC(=O)C1CCN(C(=O)CCSc2ccccc2F)CC1. The van der Waals surface area contributed by atoms with Gasteiger partial charge in [0.25, 0.3) is 0 Å². The summed E-state index contributed by atoms with van der Waals surface area (Å²) in [6.07, 6.45) is 2.78. The second-order valence-electron chi connectivity index (χ2n) is 5.97. The summed E-state index contributed by atoms with van der Waals surface area (Å²) in [5.41, 5.74) is 0. The van der Waals surface area contributed by atoms with Crippen molar-refractivity contribution in [3.63, 3.8) is 0 Å². The number of thioether (sulfide) groups is 1. The number of halogens is 1. The molecule has 1 N–H and O–H groups in total. The van der Waals surface area contributed by atoms with Crippen LogP contribution in [0.1, 0.15) is 32.6 Å². The second kappa shape index (κ2) is 9.67. The number of hydrogen-bond donors (Lipinski definition) is 1. The van der Waals surface area contributed by atoms with Crippen molar-refractivity contribution in [3.8, 4) is 0 Å². The fourth-order valence-corrected chi connectivity index (χ4v) is 3.63. The molecule has 1 saturated heterocycles. The molecule has 4 nitrogen and oxygen atoms in total. The van der Waals surface area contributed by atoms with E-state index in [1.54, 1.807) is 18.2 Å². The molecule has 1 heterocycles. The summed E-state index contributed by atoms with van der Waals surface area (Å²) < 4.78 is 13.5. The summed E-state index contributed by atoms with van der Waals surface area (Å²) >= 11 is 1.37. The number of carbonyl (C=O) groups is 2. The Morgan fingerprint density at radius 3 is 2.67 bits per heavy atom. The van der Waals surface area contributed by atoms with E-state index >= 15 is 0 Å². The Balaban J connectivity index is 1.69. The lowest BCUT2D eigenvalue weighted by Gasteiger charge is -2.31. The first kappa shape index (κ1) is 18.8. The maximum Gasteiger partial charge on any atom is 0.223 e. The molecule has 1 aromatic carbocycles. The average Bonchev–Trinajstić information content (AvgIpc) is 2.61. The van der Waals surface area contributed by atoms with Gasteiger partial charge in [0.2, 0.25) is 11.8 Å². The third-order valence-corrected chi connectivity index (χ3v) is 5.23. The molecule has 132 valence electrons. The van der Waals surface area contributed by atoms with Gasteiger partial charge in [-0.3, -0.25) is 9.59 Å². The molecule has 1 aromatic rings. The molecule has 0 aliphatic carbocycles. The van der Waals surface area contributed by atoms with Gasteiger partial charge < -0.3 is 10.2 Å². The Morgan fingerprint density at radius 1 is 1.29 bits per heavy atom. The molecule has 0 atom stereocenters. The zero-order valence-corrected chi connectivity index (χ0v) is 14.9. The first-order valence-electron chi connectivity index (χ1n) is 8.54. The highest BCUT2D eigenvalue weighted by Crippen LogP contribution is 2.23. The van der Waals surface area contributed by atoms with Gasteiger partial charge in [0.05, 0.1) is 0 Å². The van der Waals surface area contributed by atoms with Gasteiger partial charge >= 0.3 is 0 Å². The number of rotatable bonds is 7. The topological polar surface area (TPSA) is 49.4 Å². The van der Waals surface area contributed by atoms with Crippen molar-refractivity contribution in [2.45, 2.75) is 37.5 Å². The van der Waals surface area contributed by atoms with Gasteiger partial charge in [-0.1, -0.05) is 19.1 Å². The third kappa shape index (κ3) is 5.51. The van der Waals surface area contributed by atoms with Crippen LogP contribution in [0.2, 0.25) is 0 Å². The molecule has 0 radical (unpaired) electrons. The molecule has 6 heteroatoms. The van der Waals surface area contributed by atoms with Crippen LogP contribution >= 0.6 is 11.8 Å². The largest absolute Gasteiger partial charge is 0.356 e. The summed E-state index contributed by atoms with van der Waals surface area (Å²) in [4.78, 5) is 26.6. The Labute approximate surface area is 147 Å². The quantitative estimate of drug-likeness (QED) is 0.767. The Hall–Kier alpha value is -1.56. The van der Waals surface area contributed by atoms with Gasteiger partial charge in [-0.2, -0.15) is 0 Å². The standard InChI is InChI=1S/C18H25FN2O2S/c1-2-10-20-18(23)14-7-11-21(12-8-14)17(22)9-13-24-16-6-4-3-5-15(16)19/h3-6,14H,2,7-13H2,1H3,(H,20,23). The van der Waals surface area contributed by atoms with E-state index in [2.05, 4.69) is 5.32 Å². The summed E-state index contributed by atoms with van der Waals surface area (Å²) in [7, 11) is 0. The molecule has 1 fully saturated rings. The lowest BCUT2D eigenvalue weighted by atomic mass is 9.95. The average molecular weight is 352 g/mol. The van der Waals surface area contributed by atoms with Crippen LogP contribution in [0.4, 0.5) is 4.39 Å². The molecule has 0 aromatic heterocycles. The minimum absolute atomic E-state index is 0.0217. The van der Waals surface area contributed by atoms with Crippen LogP contribution in [-0.2, 0) is 9.59 Å². The fourth-order valence-electron chi connectivity index (χ4n) is 2.75. The van der Waals surface area contributed by atoms with Crippen LogP contribution < -0.4 is 5.32 Å². The van der Waals surface area contributed by atoms with Crippen LogP contribution in [0.25, 0.3) is 0 Å². The molecular formula is C18H25FN2O2S. The number of benzene rings is 1. The van der Waals surface area contributed by atoms with Crippen LogP contribution in [-0.4, -0.2) is 42.1 Å². The second-order valence-corrected chi connectivity index (χ2v) is 7.11. The van der Waals surface area contributed by atoms with Gasteiger partial charge in [0, 0.05) is 42.6 Å². The van der Waals surface area contributed by atoms with E-state index in [1.165, 1.54) is 17.8 Å². The maximum absolute atomic E-state index is 13.5. The van der Waals surface area contributed by atoms with Crippen LogP contribution in [0, 0.1) is 11.7 Å². The molecule has 0 bridgehead atoms. The zero-order valence-electron chi connectivity index (χ0n) is 14.1.